The molecule has 1 N–H and O–H groups in total. The first-order valence-corrected chi connectivity index (χ1v) is 14.1. The lowest BCUT2D eigenvalue weighted by Crippen LogP contribution is -2.17. The highest BCUT2D eigenvalue weighted by Gasteiger charge is 2.36. The molecule has 3 heterocycles. The number of alkyl halides is 3. The lowest BCUT2D eigenvalue weighted by molar-refractivity contribution is -0.142. The molecular formula is C30H25F3N4O3S. The third-order valence-electron chi connectivity index (χ3n) is 7.11. The van der Waals surface area contributed by atoms with Crippen molar-refractivity contribution in [1.29, 1.82) is 0 Å². The number of hydrogen-bond donors (Lipinski definition) is 1. The summed E-state index contributed by atoms with van der Waals surface area (Å²) in [7, 11) is 0. The molecule has 0 saturated carbocycles. The van der Waals surface area contributed by atoms with Crippen LogP contribution in [0.1, 0.15) is 63.0 Å². The molecule has 0 aliphatic heterocycles. The maximum Gasteiger partial charge on any atom is 0.433 e. The van der Waals surface area contributed by atoms with Crippen molar-refractivity contribution in [3.8, 4) is 11.3 Å². The molecule has 0 radical (unpaired) electrons. The number of hydrogen-bond acceptors (Lipinski definition) is 6. The molecule has 5 aromatic rings. The van der Waals surface area contributed by atoms with Crippen LogP contribution in [0.2, 0.25) is 0 Å². The minimum absolute atomic E-state index is 0.0617. The van der Waals surface area contributed by atoms with E-state index in [9.17, 15) is 22.8 Å². The number of aromatic nitrogens is 3. The Labute approximate surface area is 237 Å². The van der Waals surface area contributed by atoms with Crippen LogP contribution >= 0.6 is 11.3 Å². The molecule has 0 fully saturated rings. The Hall–Kier alpha value is -4.25. The lowest BCUT2D eigenvalue weighted by atomic mass is 9.95. The Balaban J connectivity index is 1.46. The smallest absolute Gasteiger partial charge is 0.433 e. The van der Waals surface area contributed by atoms with E-state index in [0.29, 0.717) is 33.5 Å². The van der Waals surface area contributed by atoms with Crippen LogP contribution in [0.3, 0.4) is 0 Å². The van der Waals surface area contributed by atoms with Gasteiger partial charge in [0, 0.05) is 10.4 Å². The molecular weight excluding hydrogens is 553 g/mol. The zero-order valence-corrected chi connectivity index (χ0v) is 22.9. The van der Waals surface area contributed by atoms with Gasteiger partial charge < -0.3 is 10.1 Å². The summed E-state index contributed by atoms with van der Waals surface area (Å²) in [4.78, 5) is 32.1. The number of rotatable bonds is 6. The Morgan fingerprint density at radius 3 is 2.68 bits per heavy atom. The number of amides is 1. The van der Waals surface area contributed by atoms with Gasteiger partial charge in [0.25, 0.3) is 5.91 Å². The van der Waals surface area contributed by atoms with Gasteiger partial charge in [-0.15, -0.1) is 11.3 Å². The fourth-order valence-electron chi connectivity index (χ4n) is 5.22. The second kappa shape index (κ2) is 10.6. The molecule has 2 aromatic carbocycles. The molecule has 11 heteroatoms. The molecule has 1 amide bonds. The fraction of sp³-hybridized carbons (Fsp3) is 0.267. The number of nitrogens with zero attached hydrogens (tertiary/aromatic N) is 3. The monoisotopic (exact) mass is 578 g/mol. The maximum absolute atomic E-state index is 14.2. The number of esters is 1. The zero-order valence-electron chi connectivity index (χ0n) is 22.0. The van der Waals surface area contributed by atoms with E-state index in [1.165, 1.54) is 11.3 Å². The van der Waals surface area contributed by atoms with Crippen LogP contribution in [0.5, 0.6) is 0 Å². The number of thiophene rings is 1. The predicted octanol–water partition coefficient (Wildman–Crippen LogP) is 7.33. The summed E-state index contributed by atoms with van der Waals surface area (Å²) in [5, 5.41) is 8.56. The molecule has 210 valence electrons. The van der Waals surface area contributed by atoms with Gasteiger partial charge in [0.05, 0.1) is 24.1 Å². The normalized spacial score (nSPS) is 13.4. The molecule has 0 bridgehead atoms. The molecule has 0 atom stereocenters. The Morgan fingerprint density at radius 1 is 1.10 bits per heavy atom. The van der Waals surface area contributed by atoms with Crippen LogP contribution in [-0.4, -0.2) is 33.1 Å². The third-order valence-corrected chi connectivity index (χ3v) is 8.32. The molecule has 0 saturated heterocycles. The Morgan fingerprint density at radius 2 is 1.88 bits per heavy atom. The van der Waals surface area contributed by atoms with Crippen molar-refractivity contribution in [2.24, 2.45) is 0 Å². The van der Waals surface area contributed by atoms with Gasteiger partial charge in [-0.2, -0.15) is 18.3 Å². The fourth-order valence-corrected chi connectivity index (χ4v) is 6.49. The van der Waals surface area contributed by atoms with Crippen molar-refractivity contribution >= 4 is 44.6 Å². The predicted molar refractivity (Wildman–Crippen MR) is 150 cm³/mol. The van der Waals surface area contributed by atoms with E-state index >= 15 is 0 Å². The van der Waals surface area contributed by atoms with Gasteiger partial charge in [-0.25, -0.2) is 14.3 Å². The van der Waals surface area contributed by atoms with Gasteiger partial charge >= 0.3 is 12.1 Å². The quantitative estimate of drug-likeness (QED) is 0.213. The molecule has 6 rings (SSSR count). The van der Waals surface area contributed by atoms with E-state index in [-0.39, 0.29) is 23.5 Å². The van der Waals surface area contributed by atoms with Gasteiger partial charge in [-0.1, -0.05) is 49.4 Å². The number of ether oxygens (including phenoxy) is 1. The van der Waals surface area contributed by atoms with E-state index < -0.39 is 23.7 Å². The number of fused-ring (bicyclic) bond motifs is 3. The van der Waals surface area contributed by atoms with E-state index in [0.717, 1.165) is 52.7 Å². The highest BCUT2D eigenvalue weighted by Crippen LogP contribution is 2.39. The average molecular weight is 579 g/mol. The number of carbonyl (C=O) groups excluding carboxylic acids is 2. The van der Waals surface area contributed by atoms with E-state index in [1.807, 2.05) is 31.2 Å². The molecule has 0 unspecified atom stereocenters. The average Bonchev–Trinajstić information content (AvgIpc) is 3.55. The molecule has 7 nitrogen and oxygen atoms in total. The number of benzene rings is 2. The Bertz CT molecular complexity index is 1800. The highest BCUT2D eigenvalue weighted by molar-refractivity contribution is 7.17. The van der Waals surface area contributed by atoms with Gasteiger partial charge in [-0.05, 0) is 54.5 Å². The second-order valence-corrected chi connectivity index (χ2v) is 11.0. The first-order valence-electron chi connectivity index (χ1n) is 13.3. The first kappa shape index (κ1) is 26.9. The maximum atomic E-state index is 14.2. The van der Waals surface area contributed by atoms with E-state index in [1.54, 1.807) is 18.2 Å². The molecule has 3 aromatic heterocycles. The molecule has 0 spiro atoms. The molecule has 41 heavy (non-hydrogen) atoms. The summed E-state index contributed by atoms with van der Waals surface area (Å²) in [5.74, 6) is -1.23. The number of halogens is 3. The van der Waals surface area contributed by atoms with Crippen molar-refractivity contribution in [3.63, 3.8) is 0 Å². The van der Waals surface area contributed by atoms with Crippen LogP contribution in [0.25, 0.3) is 27.7 Å². The standard InChI is InChI=1S/C30H25F3N4O3S/c1-2-14-40-29(39)25-20-11-5-6-13-23(20)41-28(25)36-27(38)21-16-34-37-24(30(31,32)33)15-22(35-26(21)37)19-12-7-9-17-8-3-4-10-18(17)19/h3-4,7-10,12,15-16H,2,5-6,11,13-14H2,1H3,(H,36,38). The minimum Gasteiger partial charge on any atom is -0.462 e. The Kier molecular flexibility index (Phi) is 6.98. The number of nitrogens with one attached hydrogen (secondary N) is 1. The van der Waals surface area contributed by atoms with E-state index in [4.69, 9.17) is 4.74 Å². The summed E-state index contributed by atoms with van der Waals surface area (Å²) in [6.07, 6.45) is 0.325. The number of carbonyl (C=O) groups is 2. The van der Waals surface area contributed by atoms with Crippen molar-refractivity contribution in [2.45, 2.75) is 45.2 Å². The van der Waals surface area contributed by atoms with Gasteiger partial charge in [0.15, 0.2) is 11.3 Å². The lowest BCUT2D eigenvalue weighted by Gasteiger charge is -2.13. The largest absolute Gasteiger partial charge is 0.462 e. The van der Waals surface area contributed by atoms with Crippen LogP contribution < -0.4 is 5.32 Å². The van der Waals surface area contributed by atoms with Gasteiger partial charge in [0.1, 0.15) is 10.6 Å². The number of aryl methyl sites for hydroxylation is 1. The summed E-state index contributed by atoms with van der Waals surface area (Å²) < 4.78 is 48.7. The van der Waals surface area contributed by atoms with Crippen LogP contribution in [0.4, 0.5) is 18.2 Å². The van der Waals surface area contributed by atoms with Gasteiger partial charge in [-0.3, -0.25) is 4.79 Å². The first-order chi connectivity index (χ1) is 19.8. The van der Waals surface area contributed by atoms with Crippen molar-refractivity contribution in [2.75, 3.05) is 11.9 Å². The summed E-state index contributed by atoms with van der Waals surface area (Å²) >= 11 is 1.30. The molecule has 1 aliphatic carbocycles. The van der Waals surface area contributed by atoms with Crippen molar-refractivity contribution in [3.05, 3.63) is 82.0 Å². The van der Waals surface area contributed by atoms with Gasteiger partial charge in [0.2, 0.25) is 0 Å². The zero-order chi connectivity index (χ0) is 28.7. The topological polar surface area (TPSA) is 85.6 Å². The van der Waals surface area contributed by atoms with Crippen LogP contribution in [0.15, 0.2) is 54.7 Å². The van der Waals surface area contributed by atoms with Crippen LogP contribution in [-0.2, 0) is 23.8 Å². The minimum atomic E-state index is -4.76. The SMILES string of the molecule is CCCOC(=O)c1c(NC(=O)c2cnn3c(C(F)(F)F)cc(-c4cccc5ccccc45)nc23)sc2c1CCCC2. The van der Waals surface area contributed by atoms with Crippen molar-refractivity contribution in [1.82, 2.24) is 14.6 Å². The summed E-state index contributed by atoms with van der Waals surface area (Å²) in [6, 6.07) is 13.6. The van der Waals surface area contributed by atoms with Crippen molar-refractivity contribution < 1.29 is 27.5 Å². The number of anilines is 1. The van der Waals surface area contributed by atoms with E-state index in [2.05, 4.69) is 15.4 Å². The summed E-state index contributed by atoms with van der Waals surface area (Å²) in [5.41, 5.74) is 0.312. The van der Waals surface area contributed by atoms with Crippen LogP contribution in [0, 0.1) is 0 Å². The third kappa shape index (κ3) is 4.94. The second-order valence-electron chi connectivity index (χ2n) is 9.85. The molecule has 1 aliphatic rings. The summed E-state index contributed by atoms with van der Waals surface area (Å²) in [6.45, 7) is 2.13. The highest BCUT2D eigenvalue weighted by atomic mass is 32.1.